The molecule has 1 aliphatic carbocycles. The van der Waals surface area contributed by atoms with Crippen LogP contribution in [0.3, 0.4) is 0 Å². The van der Waals surface area contributed by atoms with E-state index in [-0.39, 0.29) is 17.8 Å². The zero-order valence-electron chi connectivity index (χ0n) is 14.1. The van der Waals surface area contributed by atoms with Crippen molar-refractivity contribution in [2.45, 2.75) is 12.5 Å². The summed E-state index contributed by atoms with van der Waals surface area (Å²) in [5, 5.41) is 4.97. The van der Waals surface area contributed by atoms with E-state index in [9.17, 15) is 9.59 Å². The molecule has 0 bridgehead atoms. The maximum absolute atomic E-state index is 12.7. The average molecular weight is 371 g/mol. The smallest absolute Gasteiger partial charge is 0.438 e. The minimum atomic E-state index is -0.578. The van der Waals surface area contributed by atoms with E-state index in [4.69, 9.17) is 9.26 Å². The number of hydrogen-bond acceptors (Lipinski definition) is 6. The first-order chi connectivity index (χ1) is 12.7. The third kappa shape index (κ3) is 1.93. The Morgan fingerprint density at radius 3 is 2.88 bits per heavy atom. The summed E-state index contributed by atoms with van der Waals surface area (Å²) in [6.45, 7) is 2.09. The summed E-state index contributed by atoms with van der Waals surface area (Å²) in [5.41, 5.74) is 0.845. The highest BCUT2D eigenvalue weighted by Crippen LogP contribution is 2.66. The minimum absolute atomic E-state index is 0.289. The van der Waals surface area contributed by atoms with E-state index < -0.39 is 11.3 Å². The predicted molar refractivity (Wildman–Crippen MR) is 96.4 cm³/mol. The number of nitrogens with zero attached hydrogens (tertiary/aromatic N) is 2. The first kappa shape index (κ1) is 15.7. The number of para-hydroxylation sites is 1. The van der Waals surface area contributed by atoms with Crippen molar-refractivity contribution in [1.82, 2.24) is 14.7 Å². The third-order valence-electron chi connectivity index (χ3n) is 5.49. The van der Waals surface area contributed by atoms with Crippen LogP contribution in [0.1, 0.15) is 23.2 Å². The lowest BCUT2D eigenvalue weighted by atomic mass is 10.1. The lowest BCUT2D eigenvalue weighted by Crippen LogP contribution is -2.31. The van der Waals surface area contributed by atoms with Crippen LogP contribution >= 0.6 is 11.8 Å². The molecule has 1 saturated heterocycles. The molecule has 3 aromatic rings. The van der Waals surface area contributed by atoms with Gasteiger partial charge in [0.25, 0.3) is 0 Å². The van der Waals surface area contributed by atoms with E-state index in [1.165, 1.54) is 0 Å². The Balaban J connectivity index is 1.80. The van der Waals surface area contributed by atoms with Gasteiger partial charge in [0.2, 0.25) is 0 Å². The fourth-order valence-corrected chi connectivity index (χ4v) is 6.05. The Morgan fingerprint density at radius 1 is 1.42 bits per heavy atom. The van der Waals surface area contributed by atoms with E-state index >= 15 is 0 Å². The van der Waals surface area contributed by atoms with Gasteiger partial charge in [-0.25, -0.2) is 9.59 Å². The van der Waals surface area contributed by atoms with Crippen LogP contribution in [0, 0.1) is 11.8 Å². The maximum Gasteiger partial charge on any atom is 0.438 e. The van der Waals surface area contributed by atoms with Gasteiger partial charge in [0, 0.05) is 22.7 Å². The van der Waals surface area contributed by atoms with Crippen LogP contribution in [0.5, 0.6) is 0 Å². The number of rotatable bonds is 4. The zero-order chi connectivity index (χ0) is 17.9. The zero-order valence-corrected chi connectivity index (χ0v) is 14.9. The molecule has 7 nitrogen and oxygen atoms in total. The first-order valence-electron chi connectivity index (χ1n) is 8.60. The molecular weight excluding hydrogens is 354 g/mol. The molecular formula is C18H17N3O4S. The SMILES string of the molecule is CCOC(=O)c1cc2ccccc2n1C1(c2noc(=O)[nH]2)[C@@H]2CSC[C@@H]21. The highest BCUT2D eigenvalue weighted by Gasteiger charge is 2.72. The number of carbonyl (C=O) groups excluding carboxylic acids is 1. The Hall–Kier alpha value is -2.48. The van der Waals surface area contributed by atoms with Crippen molar-refractivity contribution in [3.63, 3.8) is 0 Å². The van der Waals surface area contributed by atoms with Crippen LogP contribution in [0.2, 0.25) is 0 Å². The van der Waals surface area contributed by atoms with Crippen molar-refractivity contribution in [1.29, 1.82) is 0 Å². The molecule has 1 aromatic carbocycles. The Bertz CT molecular complexity index is 1060. The topological polar surface area (TPSA) is 90.1 Å². The monoisotopic (exact) mass is 371 g/mol. The molecule has 1 saturated carbocycles. The molecule has 2 aliphatic rings. The van der Waals surface area contributed by atoms with Crippen molar-refractivity contribution in [3.8, 4) is 0 Å². The number of thioether (sulfide) groups is 1. The Labute approximate surface area is 152 Å². The van der Waals surface area contributed by atoms with E-state index in [1.54, 1.807) is 6.92 Å². The van der Waals surface area contributed by atoms with Gasteiger partial charge < -0.3 is 9.30 Å². The predicted octanol–water partition coefficient (Wildman–Crippen LogP) is 2.23. The molecule has 0 radical (unpaired) electrons. The summed E-state index contributed by atoms with van der Waals surface area (Å²) in [4.78, 5) is 27.1. The fraction of sp³-hybridized carbons (Fsp3) is 0.389. The quantitative estimate of drug-likeness (QED) is 0.708. The van der Waals surface area contributed by atoms with Crippen LogP contribution in [0.4, 0.5) is 0 Å². The molecule has 8 heteroatoms. The molecule has 2 aromatic heterocycles. The van der Waals surface area contributed by atoms with Gasteiger partial charge in [-0.15, -0.1) is 0 Å². The van der Waals surface area contributed by atoms with Crippen molar-refractivity contribution >= 4 is 28.6 Å². The standard InChI is InChI=1S/C18H17N3O4S/c1-2-24-15(22)14-7-10-5-3-4-6-13(10)21(14)18(11-8-26-9-12(11)18)16-19-17(23)25-20-16/h3-7,11-12H,2,8-9H2,1H3,(H,19,20,23)/t11-,12+,18?. The lowest BCUT2D eigenvalue weighted by molar-refractivity contribution is 0.0511. The van der Waals surface area contributed by atoms with Crippen molar-refractivity contribution in [2.75, 3.05) is 18.1 Å². The number of esters is 1. The number of benzene rings is 1. The third-order valence-corrected chi connectivity index (χ3v) is 6.68. The van der Waals surface area contributed by atoms with Crippen LogP contribution in [-0.2, 0) is 10.3 Å². The van der Waals surface area contributed by atoms with Crippen LogP contribution < -0.4 is 5.76 Å². The molecule has 0 amide bonds. The van der Waals surface area contributed by atoms with Crippen LogP contribution in [-0.4, -0.2) is 38.8 Å². The Morgan fingerprint density at radius 2 is 2.19 bits per heavy atom. The molecule has 5 rings (SSSR count). The van der Waals surface area contributed by atoms with Crippen LogP contribution in [0.15, 0.2) is 39.6 Å². The summed E-state index contributed by atoms with van der Waals surface area (Å²) in [7, 11) is 0. The second kappa shape index (κ2) is 5.51. The molecule has 3 heterocycles. The number of fused-ring (bicyclic) bond motifs is 2. The van der Waals surface area contributed by atoms with E-state index in [1.807, 2.05) is 46.7 Å². The Kier molecular flexibility index (Phi) is 3.34. The van der Waals surface area contributed by atoms with Crippen molar-refractivity contribution in [2.24, 2.45) is 11.8 Å². The van der Waals surface area contributed by atoms with Crippen LogP contribution in [0.25, 0.3) is 10.9 Å². The number of hydrogen-bond donors (Lipinski definition) is 1. The number of carbonyl (C=O) groups is 1. The minimum Gasteiger partial charge on any atom is -0.461 e. The number of ether oxygens (including phenoxy) is 1. The van der Waals surface area contributed by atoms with Gasteiger partial charge in [0.05, 0.1) is 6.61 Å². The second-order valence-corrected chi connectivity index (χ2v) is 7.74. The van der Waals surface area contributed by atoms with E-state index in [2.05, 4.69) is 10.1 Å². The van der Waals surface area contributed by atoms with Gasteiger partial charge in [-0.05, 0) is 30.6 Å². The molecule has 3 atom stereocenters. The number of H-pyrrole nitrogens is 1. The molecule has 1 aliphatic heterocycles. The largest absolute Gasteiger partial charge is 0.461 e. The van der Waals surface area contributed by atoms with Crippen molar-refractivity contribution in [3.05, 3.63) is 52.4 Å². The summed E-state index contributed by atoms with van der Waals surface area (Å²) in [6, 6.07) is 9.70. The van der Waals surface area contributed by atoms with Gasteiger partial charge in [-0.2, -0.15) is 11.8 Å². The molecule has 1 N–H and O–H groups in total. The fourth-order valence-electron chi connectivity index (χ4n) is 4.43. The first-order valence-corrected chi connectivity index (χ1v) is 9.75. The molecule has 0 spiro atoms. The van der Waals surface area contributed by atoms with E-state index in [0.717, 1.165) is 22.4 Å². The molecule has 1 unspecified atom stereocenters. The van der Waals surface area contributed by atoms with Gasteiger partial charge in [0.1, 0.15) is 11.2 Å². The number of nitrogens with one attached hydrogen (secondary N) is 1. The highest BCUT2D eigenvalue weighted by molar-refractivity contribution is 7.99. The summed E-state index contributed by atoms with van der Waals surface area (Å²) < 4.78 is 12.1. The lowest BCUT2D eigenvalue weighted by Gasteiger charge is -2.23. The molecule has 26 heavy (non-hydrogen) atoms. The summed E-state index contributed by atoms with van der Waals surface area (Å²) in [6.07, 6.45) is 0. The normalized spacial score (nSPS) is 26.8. The number of aromatic nitrogens is 3. The second-order valence-electron chi connectivity index (χ2n) is 6.66. The summed E-state index contributed by atoms with van der Waals surface area (Å²) >= 11 is 1.88. The van der Waals surface area contributed by atoms with Gasteiger partial charge >= 0.3 is 11.7 Å². The molecule has 2 fully saturated rings. The van der Waals surface area contributed by atoms with Gasteiger partial charge in [-0.3, -0.25) is 9.51 Å². The summed E-state index contributed by atoms with van der Waals surface area (Å²) in [5.74, 6) is 2.03. The average Bonchev–Trinajstić information content (AvgIpc) is 3.14. The van der Waals surface area contributed by atoms with Gasteiger partial charge in [-0.1, -0.05) is 23.4 Å². The van der Waals surface area contributed by atoms with Crippen molar-refractivity contribution < 1.29 is 14.1 Å². The maximum atomic E-state index is 12.7. The van der Waals surface area contributed by atoms with Gasteiger partial charge in [0.15, 0.2) is 5.82 Å². The highest BCUT2D eigenvalue weighted by atomic mass is 32.2. The molecule has 134 valence electrons. The van der Waals surface area contributed by atoms with E-state index in [0.29, 0.717) is 18.1 Å². The number of aromatic amines is 1.